The summed E-state index contributed by atoms with van der Waals surface area (Å²) in [5.41, 5.74) is 1.33. The summed E-state index contributed by atoms with van der Waals surface area (Å²) < 4.78 is 0. The molecule has 1 N–H and O–H groups in total. The Balaban J connectivity index is 1.82. The molecule has 1 fully saturated rings. The van der Waals surface area contributed by atoms with Gasteiger partial charge in [-0.25, -0.2) is 0 Å². The first-order valence-electron chi connectivity index (χ1n) is 5.91. The molecular formula is C13H20N2. The Hall–Kier alpha value is -0.890. The normalized spacial score (nSPS) is 19.9. The molecule has 0 amide bonds. The van der Waals surface area contributed by atoms with E-state index in [9.17, 15) is 0 Å². The topological polar surface area (TPSA) is 24.9 Å². The molecule has 1 aromatic rings. The van der Waals surface area contributed by atoms with Crippen LogP contribution in [-0.2, 0) is 0 Å². The lowest BCUT2D eigenvalue weighted by molar-refractivity contribution is 0.438. The van der Waals surface area contributed by atoms with E-state index in [2.05, 4.69) is 36.3 Å². The summed E-state index contributed by atoms with van der Waals surface area (Å²) in [7, 11) is 0. The van der Waals surface area contributed by atoms with Crippen LogP contribution in [0.1, 0.15) is 44.7 Å². The van der Waals surface area contributed by atoms with Crippen molar-refractivity contribution < 1.29 is 0 Å². The maximum absolute atomic E-state index is 4.04. The van der Waals surface area contributed by atoms with E-state index < -0.39 is 0 Å². The Bertz CT molecular complexity index is 293. The van der Waals surface area contributed by atoms with E-state index in [1.165, 1.54) is 24.8 Å². The van der Waals surface area contributed by atoms with Gasteiger partial charge in [0.1, 0.15) is 0 Å². The van der Waals surface area contributed by atoms with E-state index >= 15 is 0 Å². The molecule has 0 radical (unpaired) electrons. The molecule has 2 rings (SSSR count). The molecule has 1 aliphatic rings. The summed E-state index contributed by atoms with van der Waals surface area (Å²) in [6.07, 6.45) is 7.93. The van der Waals surface area contributed by atoms with Crippen molar-refractivity contribution in [3.05, 3.63) is 30.1 Å². The van der Waals surface area contributed by atoms with Crippen LogP contribution in [0.3, 0.4) is 0 Å². The van der Waals surface area contributed by atoms with Gasteiger partial charge in [-0.1, -0.05) is 12.8 Å². The molecule has 1 heterocycles. The molecule has 0 aromatic carbocycles. The Morgan fingerprint density at radius 2 is 2.00 bits per heavy atom. The summed E-state index contributed by atoms with van der Waals surface area (Å²) in [5, 5.41) is 3.64. The minimum atomic E-state index is 0.432. The fourth-order valence-electron chi connectivity index (χ4n) is 2.10. The molecule has 1 aromatic heterocycles. The summed E-state index contributed by atoms with van der Waals surface area (Å²) in [6.45, 7) is 4.51. The highest BCUT2D eigenvalue weighted by Gasteiger charge is 2.24. The van der Waals surface area contributed by atoms with Crippen molar-refractivity contribution in [2.24, 2.45) is 5.92 Å². The zero-order chi connectivity index (χ0) is 10.7. The highest BCUT2D eigenvalue weighted by atomic mass is 14.9. The number of pyridine rings is 1. The van der Waals surface area contributed by atoms with Gasteiger partial charge in [0.25, 0.3) is 0 Å². The fraction of sp³-hybridized carbons (Fsp3) is 0.615. The molecule has 2 nitrogen and oxygen atoms in total. The molecule has 1 unspecified atom stereocenters. The number of hydrogen-bond acceptors (Lipinski definition) is 2. The molecule has 2 atom stereocenters. The molecule has 82 valence electrons. The zero-order valence-corrected chi connectivity index (χ0v) is 9.61. The number of hydrogen-bond donors (Lipinski definition) is 1. The van der Waals surface area contributed by atoms with Crippen molar-refractivity contribution in [2.75, 3.05) is 0 Å². The predicted octanol–water partition coefficient (Wildman–Crippen LogP) is 2.92. The average Bonchev–Trinajstić information content (AvgIpc) is 3.03. The zero-order valence-electron chi connectivity index (χ0n) is 9.61. The highest BCUT2D eigenvalue weighted by Crippen LogP contribution is 2.33. The monoisotopic (exact) mass is 204 g/mol. The second kappa shape index (κ2) is 4.75. The first-order chi connectivity index (χ1) is 7.25. The SMILES string of the molecule is CC(CC1CC1)N[C@H](C)c1ccncc1. The fourth-order valence-corrected chi connectivity index (χ4v) is 2.10. The molecule has 0 spiro atoms. The first-order valence-corrected chi connectivity index (χ1v) is 5.91. The Morgan fingerprint density at radius 3 is 2.60 bits per heavy atom. The first kappa shape index (κ1) is 10.6. The van der Waals surface area contributed by atoms with E-state index in [-0.39, 0.29) is 0 Å². The lowest BCUT2D eigenvalue weighted by atomic mass is 10.1. The van der Waals surface area contributed by atoms with Crippen LogP contribution >= 0.6 is 0 Å². The van der Waals surface area contributed by atoms with Crippen LogP contribution in [0.2, 0.25) is 0 Å². The second-order valence-corrected chi connectivity index (χ2v) is 4.75. The smallest absolute Gasteiger partial charge is 0.0295 e. The van der Waals surface area contributed by atoms with Crippen molar-refractivity contribution in [2.45, 2.75) is 45.2 Å². The number of nitrogens with zero attached hydrogens (tertiary/aromatic N) is 1. The summed E-state index contributed by atoms with van der Waals surface area (Å²) >= 11 is 0. The number of rotatable bonds is 5. The number of nitrogens with one attached hydrogen (secondary N) is 1. The van der Waals surface area contributed by atoms with Crippen molar-refractivity contribution in [1.29, 1.82) is 0 Å². The van der Waals surface area contributed by atoms with Gasteiger partial charge in [0.2, 0.25) is 0 Å². The average molecular weight is 204 g/mol. The lowest BCUT2D eigenvalue weighted by Gasteiger charge is -2.20. The van der Waals surface area contributed by atoms with Crippen LogP contribution in [0.4, 0.5) is 0 Å². The third kappa shape index (κ3) is 3.31. The minimum Gasteiger partial charge on any atom is -0.308 e. The molecule has 0 bridgehead atoms. The van der Waals surface area contributed by atoms with Gasteiger partial charge in [0.15, 0.2) is 0 Å². The van der Waals surface area contributed by atoms with Gasteiger partial charge in [-0.2, -0.15) is 0 Å². The van der Waals surface area contributed by atoms with Crippen LogP contribution in [0, 0.1) is 5.92 Å². The molecular weight excluding hydrogens is 184 g/mol. The van der Waals surface area contributed by atoms with Gasteiger partial charge in [-0.15, -0.1) is 0 Å². The summed E-state index contributed by atoms with van der Waals surface area (Å²) in [5.74, 6) is 0.997. The van der Waals surface area contributed by atoms with Gasteiger partial charge < -0.3 is 5.32 Å². The Labute approximate surface area is 92.1 Å². The van der Waals surface area contributed by atoms with Crippen LogP contribution in [0.5, 0.6) is 0 Å². The minimum absolute atomic E-state index is 0.432. The van der Waals surface area contributed by atoms with Crippen LogP contribution in [-0.4, -0.2) is 11.0 Å². The largest absolute Gasteiger partial charge is 0.308 e. The standard InChI is InChI=1S/C13H20N2/c1-10(9-12-3-4-12)15-11(2)13-5-7-14-8-6-13/h5-8,10-12,15H,3-4,9H2,1-2H3/t10?,11-/m1/s1. The van der Waals surface area contributed by atoms with E-state index in [1.54, 1.807) is 0 Å². The summed E-state index contributed by atoms with van der Waals surface area (Å²) in [6, 6.07) is 5.23. The van der Waals surface area contributed by atoms with Gasteiger partial charge in [0.05, 0.1) is 0 Å². The summed E-state index contributed by atoms with van der Waals surface area (Å²) in [4.78, 5) is 4.04. The van der Waals surface area contributed by atoms with Crippen molar-refractivity contribution in [3.8, 4) is 0 Å². The Kier molecular flexibility index (Phi) is 3.37. The van der Waals surface area contributed by atoms with Crippen LogP contribution in [0.15, 0.2) is 24.5 Å². The third-order valence-electron chi connectivity index (χ3n) is 3.12. The molecule has 0 aliphatic heterocycles. The van der Waals surface area contributed by atoms with Gasteiger partial charge in [0, 0.05) is 24.5 Å². The van der Waals surface area contributed by atoms with E-state index in [1.807, 2.05) is 12.4 Å². The van der Waals surface area contributed by atoms with E-state index in [0.29, 0.717) is 12.1 Å². The third-order valence-corrected chi connectivity index (χ3v) is 3.12. The van der Waals surface area contributed by atoms with Gasteiger partial charge in [-0.3, -0.25) is 4.98 Å². The quantitative estimate of drug-likeness (QED) is 0.797. The molecule has 15 heavy (non-hydrogen) atoms. The van der Waals surface area contributed by atoms with Gasteiger partial charge in [-0.05, 0) is 43.9 Å². The van der Waals surface area contributed by atoms with Gasteiger partial charge >= 0.3 is 0 Å². The lowest BCUT2D eigenvalue weighted by Crippen LogP contribution is -2.29. The number of aromatic nitrogens is 1. The van der Waals surface area contributed by atoms with Crippen LogP contribution < -0.4 is 5.32 Å². The molecule has 1 aliphatic carbocycles. The van der Waals surface area contributed by atoms with Crippen molar-refractivity contribution in [3.63, 3.8) is 0 Å². The Morgan fingerprint density at radius 1 is 1.33 bits per heavy atom. The van der Waals surface area contributed by atoms with Crippen LogP contribution in [0.25, 0.3) is 0 Å². The second-order valence-electron chi connectivity index (χ2n) is 4.75. The maximum atomic E-state index is 4.04. The van der Waals surface area contributed by atoms with Crippen molar-refractivity contribution in [1.82, 2.24) is 10.3 Å². The van der Waals surface area contributed by atoms with Crippen molar-refractivity contribution >= 4 is 0 Å². The predicted molar refractivity (Wildman–Crippen MR) is 62.6 cm³/mol. The highest BCUT2D eigenvalue weighted by molar-refractivity contribution is 5.14. The molecule has 1 saturated carbocycles. The van der Waals surface area contributed by atoms with E-state index in [0.717, 1.165) is 5.92 Å². The van der Waals surface area contributed by atoms with E-state index in [4.69, 9.17) is 0 Å². The molecule has 2 heteroatoms. The molecule has 0 saturated heterocycles. The maximum Gasteiger partial charge on any atom is 0.0295 e.